The number of para-hydroxylation sites is 1. The summed E-state index contributed by atoms with van der Waals surface area (Å²) in [7, 11) is 0. The van der Waals surface area contributed by atoms with Crippen LogP contribution in [0, 0.1) is 0 Å². The molecule has 1 rings (SSSR count). The van der Waals surface area contributed by atoms with Crippen molar-refractivity contribution in [2.24, 2.45) is 5.73 Å². The van der Waals surface area contributed by atoms with Crippen molar-refractivity contribution in [3.63, 3.8) is 0 Å². The predicted molar refractivity (Wildman–Crippen MR) is 79.9 cm³/mol. The van der Waals surface area contributed by atoms with E-state index in [1.54, 1.807) is 0 Å². The van der Waals surface area contributed by atoms with Crippen molar-refractivity contribution in [1.82, 2.24) is 5.32 Å². The molecule has 19 heavy (non-hydrogen) atoms. The molecule has 0 saturated carbocycles. The molecule has 0 heterocycles. The van der Waals surface area contributed by atoms with Crippen LogP contribution >= 0.6 is 12.4 Å². The van der Waals surface area contributed by atoms with Crippen molar-refractivity contribution in [1.29, 1.82) is 0 Å². The molecule has 0 fully saturated rings. The second-order valence-corrected chi connectivity index (χ2v) is 4.03. The molecule has 0 bridgehead atoms. The summed E-state index contributed by atoms with van der Waals surface area (Å²) >= 11 is 0. The summed E-state index contributed by atoms with van der Waals surface area (Å²) < 4.78 is 5.53. The fraction of sp³-hybridized carbons (Fsp3) is 0.500. The monoisotopic (exact) mass is 286 g/mol. The van der Waals surface area contributed by atoms with Gasteiger partial charge < -0.3 is 15.8 Å². The Morgan fingerprint density at radius 2 is 2.11 bits per heavy atom. The molecule has 108 valence electrons. The van der Waals surface area contributed by atoms with Crippen LogP contribution < -0.4 is 15.8 Å². The minimum atomic E-state index is 0. The van der Waals surface area contributed by atoms with E-state index in [9.17, 15) is 4.79 Å². The topological polar surface area (TPSA) is 64.3 Å². The van der Waals surface area contributed by atoms with E-state index in [1.165, 1.54) is 0 Å². The number of nitrogens with two attached hydrogens (primary N) is 1. The normalized spacial score (nSPS) is 9.58. The van der Waals surface area contributed by atoms with Crippen molar-refractivity contribution >= 4 is 18.3 Å². The maximum atomic E-state index is 11.4. The van der Waals surface area contributed by atoms with E-state index in [0.717, 1.165) is 24.2 Å². The molecule has 5 heteroatoms. The Bertz CT molecular complexity index is 372. The van der Waals surface area contributed by atoms with E-state index in [2.05, 4.69) is 5.32 Å². The van der Waals surface area contributed by atoms with Gasteiger partial charge in [-0.2, -0.15) is 0 Å². The van der Waals surface area contributed by atoms with Gasteiger partial charge in [-0.1, -0.05) is 18.2 Å². The molecular weight excluding hydrogens is 264 g/mol. The second-order valence-electron chi connectivity index (χ2n) is 4.03. The summed E-state index contributed by atoms with van der Waals surface area (Å²) in [5.74, 6) is 0.963. The third-order valence-electron chi connectivity index (χ3n) is 2.60. The summed E-state index contributed by atoms with van der Waals surface area (Å²) in [4.78, 5) is 11.4. The molecule has 0 aliphatic rings. The molecule has 1 aromatic rings. The summed E-state index contributed by atoms with van der Waals surface area (Å²) in [6.45, 7) is 3.80. The Kier molecular flexibility index (Phi) is 9.94. The minimum absolute atomic E-state index is 0. The molecule has 1 aromatic carbocycles. The number of carbonyl (C=O) groups excluding carboxylic acids is 1. The largest absolute Gasteiger partial charge is 0.494 e. The van der Waals surface area contributed by atoms with E-state index in [4.69, 9.17) is 10.5 Å². The number of ether oxygens (including phenoxy) is 1. The van der Waals surface area contributed by atoms with Gasteiger partial charge in [-0.25, -0.2) is 0 Å². The van der Waals surface area contributed by atoms with Gasteiger partial charge in [0.05, 0.1) is 6.61 Å². The molecule has 0 radical (unpaired) electrons. The van der Waals surface area contributed by atoms with Crippen molar-refractivity contribution in [2.45, 2.75) is 26.2 Å². The van der Waals surface area contributed by atoms with Gasteiger partial charge in [-0.3, -0.25) is 4.79 Å². The summed E-state index contributed by atoms with van der Waals surface area (Å²) in [5, 5.41) is 2.89. The van der Waals surface area contributed by atoms with Gasteiger partial charge in [0.25, 0.3) is 0 Å². The Morgan fingerprint density at radius 3 is 2.79 bits per heavy atom. The number of nitrogens with one attached hydrogen (secondary N) is 1. The third kappa shape index (κ3) is 7.03. The zero-order valence-corrected chi connectivity index (χ0v) is 12.2. The fourth-order valence-corrected chi connectivity index (χ4v) is 1.69. The molecule has 0 aromatic heterocycles. The molecule has 0 saturated heterocycles. The first-order valence-corrected chi connectivity index (χ1v) is 6.45. The molecule has 4 nitrogen and oxygen atoms in total. The summed E-state index contributed by atoms with van der Waals surface area (Å²) in [5.41, 5.74) is 6.48. The zero-order valence-electron chi connectivity index (χ0n) is 11.4. The van der Waals surface area contributed by atoms with Crippen molar-refractivity contribution in [2.75, 3.05) is 19.7 Å². The van der Waals surface area contributed by atoms with E-state index >= 15 is 0 Å². The van der Waals surface area contributed by atoms with Gasteiger partial charge in [-0.05, 0) is 37.9 Å². The lowest BCUT2D eigenvalue weighted by atomic mass is 10.1. The predicted octanol–water partition coefficient (Wildman–Crippen LogP) is 1.90. The average Bonchev–Trinajstić information content (AvgIpc) is 2.38. The highest BCUT2D eigenvalue weighted by Crippen LogP contribution is 2.17. The highest BCUT2D eigenvalue weighted by molar-refractivity contribution is 5.85. The maximum absolute atomic E-state index is 11.4. The van der Waals surface area contributed by atoms with Crippen LogP contribution in [0.2, 0.25) is 0 Å². The van der Waals surface area contributed by atoms with Crippen LogP contribution in [0.15, 0.2) is 24.3 Å². The van der Waals surface area contributed by atoms with Gasteiger partial charge in [-0.15, -0.1) is 12.4 Å². The number of rotatable bonds is 8. The molecule has 1 amide bonds. The minimum Gasteiger partial charge on any atom is -0.494 e. The molecule has 0 atom stereocenters. The SMILES string of the molecule is CCOc1ccccc1CCNC(=O)CCCN.Cl. The highest BCUT2D eigenvalue weighted by Gasteiger charge is 2.03. The number of carbonyl (C=O) groups is 1. The number of amides is 1. The van der Waals surface area contributed by atoms with Crippen LogP contribution in [-0.2, 0) is 11.2 Å². The molecule has 0 aliphatic heterocycles. The van der Waals surface area contributed by atoms with E-state index in [0.29, 0.717) is 26.1 Å². The number of hydrogen-bond acceptors (Lipinski definition) is 3. The van der Waals surface area contributed by atoms with Gasteiger partial charge in [0.1, 0.15) is 5.75 Å². The standard InChI is InChI=1S/C14H22N2O2.ClH/c1-2-18-13-7-4-3-6-12(13)9-11-16-14(17)8-5-10-15;/h3-4,6-7H,2,5,8-11,15H2,1H3,(H,16,17);1H. The molecule has 0 spiro atoms. The van der Waals surface area contributed by atoms with Crippen LogP contribution in [0.5, 0.6) is 5.75 Å². The molecule has 3 N–H and O–H groups in total. The lowest BCUT2D eigenvalue weighted by Gasteiger charge is -2.10. The van der Waals surface area contributed by atoms with Gasteiger partial charge in [0, 0.05) is 13.0 Å². The molecule has 0 aliphatic carbocycles. The van der Waals surface area contributed by atoms with E-state index < -0.39 is 0 Å². The fourth-order valence-electron chi connectivity index (χ4n) is 1.69. The van der Waals surface area contributed by atoms with Crippen LogP contribution in [0.1, 0.15) is 25.3 Å². The highest BCUT2D eigenvalue weighted by atomic mass is 35.5. The Hall–Kier alpha value is -1.26. The van der Waals surface area contributed by atoms with Crippen molar-refractivity contribution in [3.05, 3.63) is 29.8 Å². The average molecular weight is 287 g/mol. The summed E-state index contributed by atoms with van der Waals surface area (Å²) in [6.07, 6.45) is 2.02. The smallest absolute Gasteiger partial charge is 0.220 e. The lowest BCUT2D eigenvalue weighted by Crippen LogP contribution is -2.26. The van der Waals surface area contributed by atoms with Gasteiger partial charge in [0.2, 0.25) is 5.91 Å². The first-order chi connectivity index (χ1) is 8.77. The summed E-state index contributed by atoms with van der Waals surface area (Å²) in [6, 6.07) is 7.91. The van der Waals surface area contributed by atoms with Crippen LogP contribution in [0.3, 0.4) is 0 Å². The Morgan fingerprint density at radius 1 is 1.37 bits per heavy atom. The van der Waals surface area contributed by atoms with E-state index in [1.807, 2.05) is 31.2 Å². The Labute approximate surface area is 121 Å². The number of hydrogen-bond donors (Lipinski definition) is 2. The first kappa shape index (κ1) is 17.7. The quantitative estimate of drug-likeness (QED) is 0.767. The maximum Gasteiger partial charge on any atom is 0.220 e. The molecular formula is C14H23ClN2O2. The zero-order chi connectivity index (χ0) is 13.2. The van der Waals surface area contributed by atoms with Gasteiger partial charge in [0.15, 0.2) is 0 Å². The van der Waals surface area contributed by atoms with Crippen LogP contribution in [0.25, 0.3) is 0 Å². The second kappa shape index (κ2) is 10.6. The third-order valence-corrected chi connectivity index (χ3v) is 2.60. The van der Waals surface area contributed by atoms with Crippen molar-refractivity contribution < 1.29 is 9.53 Å². The van der Waals surface area contributed by atoms with E-state index in [-0.39, 0.29) is 18.3 Å². The molecule has 0 unspecified atom stereocenters. The number of halogens is 1. The van der Waals surface area contributed by atoms with Crippen LogP contribution in [0.4, 0.5) is 0 Å². The first-order valence-electron chi connectivity index (χ1n) is 6.45. The van der Waals surface area contributed by atoms with Crippen molar-refractivity contribution in [3.8, 4) is 5.75 Å². The van der Waals surface area contributed by atoms with Crippen LogP contribution in [-0.4, -0.2) is 25.6 Å². The lowest BCUT2D eigenvalue weighted by molar-refractivity contribution is -0.121. The number of benzene rings is 1. The van der Waals surface area contributed by atoms with Gasteiger partial charge >= 0.3 is 0 Å². The Balaban J connectivity index is 0.00000324.